The number of para-hydroxylation sites is 1. The normalized spacial score (nSPS) is 10.5. The number of phenols is 1. The van der Waals surface area contributed by atoms with Gasteiger partial charge in [-0.3, -0.25) is 0 Å². The van der Waals surface area contributed by atoms with Crippen molar-refractivity contribution in [3.05, 3.63) is 95.1 Å². The van der Waals surface area contributed by atoms with E-state index < -0.39 is 0 Å². The van der Waals surface area contributed by atoms with Crippen molar-refractivity contribution >= 4 is 5.97 Å². The van der Waals surface area contributed by atoms with Gasteiger partial charge >= 0.3 is 5.97 Å². The summed E-state index contributed by atoms with van der Waals surface area (Å²) < 4.78 is 10.7. The van der Waals surface area contributed by atoms with E-state index in [0.717, 1.165) is 36.1 Å². The fraction of sp³-hybridized carbons (Fsp3) is 0.208. The van der Waals surface area contributed by atoms with Gasteiger partial charge in [-0.05, 0) is 66.3 Å². The molecule has 0 bridgehead atoms. The van der Waals surface area contributed by atoms with Crippen LogP contribution in [0.1, 0.15) is 33.5 Å². The quantitative estimate of drug-likeness (QED) is 0.566. The molecule has 28 heavy (non-hydrogen) atoms. The number of hydrogen-bond acceptors (Lipinski definition) is 4. The van der Waals surface area contributed by atoms with Gasteiger partial charge in [0.05, 0.1) is 12.7 Å². The first-order valence-corrected chi connectivity index (χ1v) is 9.31. The highest BCUT2D eigenvalue weighted by Crippen LogP contribution is 2.22. The molecular formula is C24H24O4. The van der Waals surface area contributed by atoms with Gasteiger partial charge in [0.2, 0.25) is 0 Å². The van der Waals surface area contributed by atoms with Crippen molar-refractivity contribution in [1.82, 2.24) is 0 Å². The SMILES string of the molecule is COC(=O)c1ccc(CCCc2ccccc2OCc2cccc(O)c2)cc1. The molecule has 0 fully saturated rings. The molecule has 0 radical (unpaired) electrons. The largest absolute Gasteiger partial charge is 0.508 e. The molecule has 0 atom stereocenters. The number of phenolic OH excluding ortho intramolecular Hbond substituents is 1. The van der Waals surface area contributed by atoms with Gasteiger partial charge in [-0.2, -0.15) is 0 Å². The Morgan fingerprint density at radius 1 is 0.893 bits per heavy atom. The first-order chi connectivity index (χ1) is 13.7. The predicted octanol–water partition coefficient (Wildman–Crippen LogP) is 4.93. The second-order valence-corrected chi connectivity index (χ2v) is 6.61. The third-order valence-electron chi connectivity index (χ3n) is 4.56. The summed E-state index contributed by atoms with van der Waals surface area (Å²) in [7, 11) is 1.39. The lowest BCUT2D eigenvalue weighted by atomic mass is 10.0. The lowest BCUT2D eigenvalue weighted by Crippen LogP contribution is -2.01. The van der Waals surface area contributed by atoms with Crippen molar-refractivity contribution in [3.8, 4) is 11.5 Å². The minimum atomic E-state index is -0.315. The minimum absolute atomic E-state index is 0.243. The standard InChI is InChI=1S/C24H24O4/c1-27-24(26)21-14-12-18(13-15-21)6-4-9-20-8-2-3-11-23(20)28-17-19-7-5-10-22(25)16-19/h2-3,5,7-8,10-16,25H,4,6,9,17H2,1H3. The van der Waals surface area contributed by atoms with E-state index in [1.807, 2.05) is 42.5 Å². The number of hydrogen-bond donors (Lipinski definition) is 1. The van der Waals surface area contributed by atoms with Crippen LogP contribution in [0.25, 0.3) is 0 Å². The molecule has 0 spiro atoms. The summed E-state index contributed by atoms with van der Waals surface area (Å²) in [6.45, 7) is 0.417. The third-order valence-corrected chi connectivity index (χ3v) is 4.56. The number of carbonyl (C=O) groups excluding carboxylic acids is 1. The summed E-state index contributed by atoms with van der Waals surface area (Å²) in [5.74, 6) is 0.795. The van der Waals surface area contributed by atoms with Gasteiger partial charge in [0.25, 0.3) is 0 Å². The number of aryl methyl sites for hydroxylation is 2. The zero-order chi connectivity index (χ0) is 19.8. The molecule has 3 aromatic carbocycles. The van der Waals surface area contributed by atoms with Crippen LogP contribution < -0.4 is 4.74 Å². The Bertz CT molecular complexity index is 916. The number of methoxy groups -OCH3 is 1. The van der Waals surface area contributed by atoms with E-state index >= 15 is 0 Å². The molecule has 3 rings (SSSR count). The van der Waals surface area contributed by atoms with Crippen LogP contribution in [0.15, 0.2) is 72.8 Å². The number of aromatic hydroxyl groups is 1. The van der Waals surface area contributed by atoms with Gasteiger partial charge in [0.1, 0.15) is 18.1 Å². The van der Waals surface area contributed by atoms with Gasteiger partial charge in [-0.25, -0.2) is 4.79 Å². The topological polar surface area (TPSA) is 55.8 Å². The molecule has 0 amide bonds. The Morgan fingerprint density at radius 2 is 1.68 bits per heavy atom. The Labute approximate surface area is 165 Å². The third kappa shape index (κ3) is 5.36. The average molecular weight is 376 g/mol. The molecule has 0 heterocycles. The second-order valence-electron chi connectivity index (χ2n) is 6.61. The Kier molecular flexibility index (Phi) is 6.68. The van der Waals surface area contributed by atoms with Gasteiger partial charge in [0.15, 0.2) is 0 Å². The first kappa shape index (κ1) is 19.5. The maximum absolute atomic E-state index is 11.5. The van der Waals surface area contributed by atoms with Crippen LogP contribution in [0, 0.1) is 0 Å². The fourth-order valence-electron chi connectivity index (χ4n) is 3.07. The van der Waals surface area contributed by atoms with Crippen LogP contribution in [-0.4, -0.2) is 18.2 Å². The molecule has 0 saturated carbocycles. The summed E-state index contributed by atoms with van der Waals surface area (Å²) in [5, 5.41) is 9.57. The number of benzene rings is 3. The summed E-state index contributed by atoms with van der Waals surface area (Å²) in [5.41, 5.74) is 3.84. The van der Waals surface area contributed by atoms with Gasteiger partial charge in [-0.1, -0.05) is 42.5 Å². The summed E-state index contributed by atoms with van der Waals surface area (Å²) in [6.07, 6.45) is 2.79. The predicted molar refractivity (Wildman–Crippen MR) is 109 cm³/mol. The van der Waals surface area contributed by atoms with E-state index in [2.05, 4.69) is 6.07 Å². The van der Waals surface area contributed by atoms with Crippen LogP contribution in [-0.2, 0) is 24.2 Å². The van der Waals surface area contributed by atoms with E-state index in [1.54, 1.807) is 24.3 Å². The molecule has 0 aromatic heterocycles. The van der Waals surface area contributed by atoms with Crippen LogP contribution in [0.5, 0.6) is 11.5 Å². The molecular weight excluding hydrogens is 352 g/mol. The maximum atomic E-state index is 11.5. The van der Waals surface area contributed by atoms with Crippen LogP contribution in [0.2, 0.25) is 0 Å². The van der Waals surface area contributed by atoms with E-state index in [4.69, 9.17) is 9.47 Å². The van der Waals surface area contributed by atoms with Crippen molar-refractivity contribution in [1.29, 1.82) is 0 Å². The Morgan fingerprint density at radius 3 is 2.43 bits per heavy atom. The van der Waals surface area contributed by atoms with Crippen molar-refractivity contribution in [3.63, 3.8) is 0 Å². The first-order valence-electron chi connectivity index (χ1n) is 9.31. The molecule has 1 N–H and O–H groups in total. The molecule has 144 valence electrons. The van der Waals surface area contributed by atoms with E-state index in [0.29, 0.717) is 12.2 Å². The smallest absolute Gasteiger partial charge is 0.337 e. The lowest BCUT2D eigenvalue weighted by molar-refractivity contribution is 0.0600. The highest BCUT2D eigenvalue weighted by Gasteiger charge is 2.06. The number of carbonyl (C=O) groups is 1. The molecule has 0 unspecified atom stereocenters. The van der Waals surface area contributed by atoms with E-state index in [9.17, 15) is 9.90 Å². The summed E-state index contributed by atoms with van der Waals surface area (Å²) >= 11 is 0. The monoisotopic (exact) mass is 376 g/mol. The van der Waals surface area contributed by atoms with E-state index in [-0.39, 0.29) is 11.7 Å². The summed E-state index contributed by atoms with van der Waals surface area (Å²) in [6, 6.07) is 22.7. The molecule has 3 aromatic rings. The van der Waals surface area contributed by atoms with Crippen molar-refractivity contribution in [2.45, 2.75) is 25.9 Å². The molecule has 0 aliphatic heterocycles. The number of esters is 1. The summed E-state index contributed by atoms with van der Waals surface area (Å²) in [4.78, 5) is 11.5. The maximum Gasteiger partial charge on any atom is 0.337 e. The fourth-order valence-corrected chi connectivity index (χ4v) is 3.07. The zero-order valence-corrected chi connectivity index (χ0v) is 15.9. The number of ether oxygens (including phenoxy) is 2. The number of rotatable bonds is 8. The highest BCUT2D eigenvalue weighted by molar-refractivity contribution is 5.89. The average Bonchev–Trinajstić information content (AvgIpc) is 2.73. The Balaban J connectivity index is 1.55. The van der Waals surface area contributed by atoms with E-state index in [1.165, 1.54) is 12.7 Å². The van der Waals surface area contributed by atoms with Crippen LogP contribution in [0.4, 0.5) is 0 Å². The lowest BCUT2D eigenvalue weighted by Gasteiger charge is -2.12. The molecule has 0 aliphatic rings. The molecule has 4 heteroatoms. The Hall–Kier alpha value is -3.27. The van der Waals surface area contributed by atoms with Crippen molar-refractivity contribution in [2.24, 2.45) is 0 Å². The molecule has 4 nitrogen and oxygen atoms in total. The van der Waals surface area contributed by atoms with Crippen LogP contribution in [0.3, 0.4) is 0 Å². The van der Waals surface area contributed by atoms with Gasteiger partial charge < -0.3 is 14.6 Å². The second kappa shape index (κ2) is 9.60. The zero-order valence-electron chi connectivity index (χ0n) is 15.9. The van der Waals surface area contributed by atoms with Crippen molar-refractivity contribution < 1.29 is 19.4 Å². The van der Waals surface area contributed by atoms with Gasteiger partial charge in [-0.15, -0.1) is 0 Å². The highest BCUT2D eigenvalue weighted by atomic mass is 16.5. The molecule has 0 saturated heterocycles. The van der Waals surface area contributed by atoms with Gasteiger partial charge in [0, 0.05) is 0 Å². The van der Waals surface area contributed by atoms with Crippen molar-refractivity contribution in [2.75, 3.05) is 7.11 Å². The molecule has 0 aliphatic carbocycles. The minimum Gasteiger partial charge on any atom is -0.508 e. The van der Waals surface area contributed by atoms with Crippen LogP contribution >= 0.6 is 0 Å².